The lowest BCUT2D eigenvalue weighted by Crippen LogP contribution is -2.16. The van der Waals surface area contributed by atoms with E-state index >= 15 is 0 Å². The summed E-state index contributed by atoms with van der Waals surface area (Å²) in [6.45, 7) is 12.1. The summed E-state index contributed by atoms with van der Waals surface area (Å²) >= 11 is 0. The normalized spacial score (nSPS) is 17.0. The number of nitrogens with zero attached hydrogens (tertiary/aromatic N) is 2. The number of hydrogen-bond acceptors (Lipinski definition) is 1. The van der Waals surface area contributed by atoms with E-state index < -0.39 is 7.25 Å². The molecule has 0 bridgehead atoms. The predicted octanol–water partition coefficient (Wildman–Crippen LogP) is 11.6. The largest absolute Gasteiger partial charge is 0.673 e. The van der Waals surface area contributed by atoms with Crippen molar-refractivity contribution in [1.29, 1.82) is 0 Å². The lowest BCUT2D eigenvalue weighted by molar-refractivity contribution is -0.423. The minimum atomic E-state index is -6.00. The van der Waals surface area contributed by atoms with E-state index in [2.05, 4.69) is 151 Å². The van der Waals surface area contributed by atoms with E-state index in [0.717, 1.165) is 31.7 Å². The van der Waals surface area contributed by atoms with Gasteiger partial charge < -0.3 is 26.6 Å². The summed E-state index contributed by atoms with van der Waals surface area (Å²) < 4.78 is 49.4. The molecule has 0 N–H and O–H groups in total. The van der Waals surface area contributed by atoms with E-state index in [4.69, 9.17) is 4.74 Å². The van der Waals surface area contributed by atoms with Crippen LogP contribution in [0.1, 0.15) is 30.9 Å². The fourth-order valence-corrected chi connectivity index (χ4v) is 8.10. The van der Waals surface area contributed by atoms with Gasteiger partial charge in [0.15, 0.2) is 6.54 Å². The molecule has 0 fully saturated rings. The number of aromatic nitrogens is 1. The molecule has 1 aliphatic heterocycles. The number of halogens is 4. The summed E-state index contributed by atoms with van der Waals surface area (Å²) in [5.41, 5.74) is 10.2. The number of hydrogen-bond donors (Lipinski definition) is 0. The number of methoxy groups -OCH3 is 1. The highest BCUT2D eigenvalue weighted by atomic mass is 19.5. The van der Waals surface area contributed by atoms with Crippen LogP contribution < -0.4 is 10.1 Å². The van der Waals surface area contributed by atoms with Gasteiger partial charge in [-0.3, -0.25) is 0 Å². The Labute approximate surface area is 313 Å². The zero-order valence-electron chi connectivity index (χ0n) is 30.4. The fourth-order valence-electron chi connectivity index (χ4n) is 8.10. The number of rotatable bonds is 9. The Balaban J connectivity index is 0.000000846. The Morgan fingerprint density at radius 2 is 1.46 bits per heavy atom. The maximum atomic E-state index is 9.75. The Morgan fingerprint density at radius 3 is 2.15 bits per heavy atom. The Kier molecular flexibility index (Phi) is 10.3. The maximum absolute atomic E-state index is 9.75. The minimum Gasteiger partial charge on any atom is -0.497 e. The molecule has 0 radical (unpaired) electrons. The maximum Gasteiger partial charge on any atom is 0.673 e. The van der Waals surface area contributed by atoms with E-state index in [1.165, 1.54) is 77.0 Å². The topological polar surface area (TPSA) is 17.2 Å². The summed E-state index contributed by atoms with van der Waals surface area (Å²) in [6.07, 6.45) is 15.4. The predicted molar refractivity (Wildman–Crippen MR) is 218 cm³/mol. The van der Waals surface area contributed by atoms with Crippen LogP contribution in [0.2, 0.25) is 0 Å². The van der Waals surface area contributed by atoms with Gasteiger partial charge in [-0.2, -0.15) is 4.58 Å². The smallest absolute Gasteiger partial charge is 0.497 e. The van der Waals surface area contributed by atoms with Crippen molar-refractivity contribution in [3.05, 3.63) is 168 Å². The van der Waals surface area contributed by atoms with Crippen molar-refractivity contribution in [2.24, 2.45) is 5.92 Å². The van der Waals surface area contributed by atoms with E-state index in [-0.39, 0.29) is 0 Å². The second kappa shape index (κ2) is 15.2. The molecule has 1 aromatic heterocycles. The zero-order chi connectivity index (χ0) is 38.0. The number of benzene rings is 5. The number of ether oxygens (including phenoxy) is 1. The zero-order valence-corrected chi connectivity index (χ0v) is 30.4. The molecular formula is C46H41BF4N2O. The van der Waals surface area contributed by atoms with Gasteiger partial charge >= 0.3 is 7.25 Å². The molecular weight excluding hydrogens is 683 g/mol. The number of allylic oxidation sites excluding steroid dienone is 7. The third-order valence-electron chi connectivity index (χ3n) is 10.1. The molecule has 1 aliphatic carbocycles. The monoisotopic (exact) mass is 724 g/mol. The van der Waals surface area contributed by atoms with Crippen molar-refractivity contribution in [3.8, 4) is 5.75 Å². The van der Waals surface area contributed by atoms with E-state index in [0.29, 0.717) is 5.92 Å². The second-order valence-electron chi connectivity index (χ2n) is 13.8. The molecule has 8 rings (SSSR count). The molecule has 2 aliphatic rings. The van der Waals surface area contributed by atoms with Crippen molar-refractivity contribution < 1.29 is 26.6 Å². The summed E-state index contributed by atoms with van der Waals surface area (Å²) in [5, 5.41) is 7.67. The molecule has 3 nitrogen and oxygen atoms in total. The van der Waals surface area contributed by atoms with Gasteiger partial charge in [0.2, 0.25) is 11.4 Å². The molecule has 272 valence electrons. The van der Waals surface area contributed by atoms with Gasteiger partial charge in [-0.1, -0.05) is 98.5 Å². The minimum absolute atomic E-state index is 0.498. The first kappa shape index (κ1) is 36.5. The van der Waals surface area contributed by atoms with Crippen LogP contribution in [0.15, 0.2) is 152 Å². The van der Waals surface area contributed by atoms with E-state index in [9.17, 15) is 17.3 Å². The van der Waals surface area contributed by atoms with Crippen LogP contribution in [0.4, 0.5) is 23.0 Å². The molecule has 6 aromatic rings. The quantitative estimate of drug-likeness (QED) is 0.0628. The highest BCUT2D eigenvalue weighted by Gasteiger charge is 2.30. The summed E-state index contributed by atoms with van der Waals surface area (Å²) in [5.74, 6) is 1.36. The van der Waals surface area contributed by atoms with Crippen molar-refractivity contribution in [2.45, 2.75) is 26.3 Å². The van der Waals surface area contributed by atoms with Crippen molar-refractivity contribution in [1.82, 2.24) is 4.57 Å². The molecule has 0 saturated heterocycles. The van der Waals surface area contributed by atoms with Gasteiger partial charge in [0.25, 0.3) is 0 Å². The summed E-state index contributed by atoms with van der Waals surface area (Å²) in [7, 11) is -4.27. The van der Waals surface area contributed by atoms with Gasteiger partial charge in [-0.25, -0.2) is 0 Å². The van der Waals surface area contributed by atoms with Crippen LogP contribution in [-0.2, 0) is 6.54 Å². The van der Waals surface area contributed by atoms with Gasteiger partial charge in [0.1, 0.15) is 5.75 Å². The summed E-state index contributed by atoms with van der Waals surface area (Å²) in [4.78, 5) is 0. The lowest BCUT2D eigenvalue weighted by atomic mass is 9.78. The molecule has 0 spiro atoms. The van der Waals surface area contributed by atoms with Crippen LogP contribution >= 0.6 is 0 Å². The van der Waals surface area contributed by atoms with Gasteiger partial charge in [-0.15, -0.1) is 6.58 Å². The summed E-state index contributed by atoms with van der Waals surface area (Å²) in [6, 6.07) is 35.0. The molecule has 0 saturated carbocycles. The van der Waals surface area contributed by atoms with Crippen molar-refractivity contribution >= 4 is 62.8 Å². The first-order valence-electron chi connectivity index (χ1n) is 18.1. The second-order valence-corrected chi connectivity index (χ2v) is 13.8. The molecule has 2 heterocycles. The first-order chi connectivity index (χ1) is 26.1. The van der Waals surface area contributed by atoms with Crippen LogP contribution in [0.5, 0.6) is 5.75 Å². The Bertz CT molecular complexity index is 2570. The van der Waals surface area contributed by atoms with Gasteiger partial charge in [-0.05, 0) is 88.2 Å². The molecule has 5 aromatic carbocycles. The molecule has 1 atom stereocenters. The SMILES string of the molecule is C=CCn1/c(=C/C=C2\CC(C)CC(/C=C/C3=[N+](CC=C)c4cccc5cccc3c45)=C2c2ccc(OC)cc2)c2cccc3cccc1c32.F[B-](F)(F)F. The highest BCUT2D eigenvalue weighted by molar-refractivity contribution is 6.50. The van der Waals surface area contributed by atoms with Crippen molar-refractivity contribution in [3.63, 3.8) is 0 Å². The van der Waals surface area contributed by atoms with Crippen LogP contribution in [-0.4, -0.2) is 35.8 Å². The van der Waals surface area contributed by atoms with Gasteiger partial charge in [0, 0.05) is 40.3 Å². The van der Waals surface area contributed by atoms with E-state index in [1.807, 2.05) is 12.2 Å². The third-order valence-corrected chi connectivity index (χ3v) is 10.1. The van der Waals surface area contributed by atoms with Crippen LogP contribution in [0.25, 0.3) is 44.1 Å². The average molecular weight is 725 g/mol. The fraction of sp³-hybridized carbons (Fsp3) is 0.152. The van der Waals surface area contributed by atoms with Crippen molar-refractivity contribution in [2.75, 3.05) is 13.7 Å². The molecule has 8 heteroatoms. The lowest BCUT2D eigenvalue weighted by Gasteiger charge is -2.27. The molecule has 54 heavy (non-hydrogen) atoms. The molecule has 1 unspecified atom stereocenters. The molecule has 0 amide bonds. The van der Waals surface area contributed by atoms with Crippen LogP contribution in [0.3, 0.4) is 0 Å². The van der Waals surface area contributed by atoms with Gasteiger partial charge in [0.05, 0.1) is 18.1 Å². The average Bonchev–Trinajstić information content (AvgIpc) is 3.62. The third kappa shape index (κ3) is 7.21. The highest BCUT2D eigenvalue weighted by Crippen LogP contribution is 2.41. The first-order valence-corrected chi connectivity index (χ1v) is 18.1. The van der Waals surface area contributed by atoms with E-state index in [1.54, 1.807) is 7.11 Å². The Morgan fingerprint density at radius 1 is 0.796 bits per heavy atom. The van der Waals surface area contributed by atoms with Crippen LogP contribution in [0, 0.1) is 5.92 Å². The standard InChI is InChI=1S/C46H41N2O.BF4/c1-5-27-47-40(38-15-7-11-32-13-9-17-42(47)45(32)38)25-21-35-29-31(3)30-36(44(35)34-19-23-37(49-4)24-20-34)22-26-41-39-16-8-12-33-14-10-18-43(46(33)39)48(41)28-6-2;2-1(3,4)5/h5-26,31H,1-2,27-30H2,3-4H3;/q+1;-1. The Hall–Kier alpha value is -5.89.